The molecule has 0 amide bonds. The van der Waals surface area contributed by atoms with Crippen molar-refractivity contribution in [3.05, 3.63) is 65.1 Å². The van der Waals surface area contributed by atoms with Gasteiger partial charge >= 0.3 is 30.0 Å². The molecule has 1 heterocycles. The topological polar surface area (TPSA) is 22.0 Å². The van der Waals surface area contributed by atoms with Crippen LogP contribution in [0, 0.1) is 6.07 Å². The van der Waals surface area contributed by atoms with Gasteiger partial charge in [-0.05, 0) is 12.1 Å². The molecule has 2 aromatic rings. The third kappa shape index (κ3) is 3.40. The summed E-state index contributed by atoms with van der Waals surface area (Å²) in [6.45, 7) is 0. The van der Waals surface area contributed by atoms with Gasteiger partial charge in [-0.25, -0.2) is 0 Å². The van der Waals surface area contributed by atoms with Gasteiger partial charge in [0.15, 0.2) is 0 Å². The van der Waals surface area contributed by atoms with Crippen molar-refractivity contribution >= 4 is 13.6 Å². The van der Waals surface area contributed by atoms with Crippen molar-refractivity contribution < 1.29 is 16.3 Å². The van der Waals surface area contributed by atoms with Crippen LogP contribution in [0.4, 0.5) is 0 Å². The van der Waals surface area contributed by atoms with E-state index >= 15 is 0 Å². The summed E-state index contributed by atoms with van der Waals surface area (Å²) in [5.74, 6) is 0. The standard InChI is InChI=1S/C11H8NO.BrH.Zn/c13-11-8-4-5-9-12(11)10-6-2-1-3-7-10;;/h1-3,5-9H;1H;/q-1;;+2/p-1. The number of pyridine rings is 1. The van der Waals surface area contributed by atoms with Crippen molar-refractivity contribution in [2.45, 2.75) is 0 Å². The van der Waals surface area contributed by atoms with Gasteiger partial charge in [0, 0.05) is 5.69 Å². The number of halogens is 1. The Hall–Kier alpha value is -0.727. The van der Waals surface area contributed by atoms with Crippen LogP contribution in [0.2, 0.25) is 0 Å². The molecule has 0 aliphatic carbocycles. The molecule has 2 nitrogen and oxygen atoms in total. The molecule has 0 radical (unpaired) electrons. The molecule has 0 fully saturated rings. The van der Waals surface area contributed by atoms with E-state index in [1.807, 2.05) is 30.3 Å². The fraction of sp³-hybridized carbons (Fsp3) is 0. The number of benzene rings is 1. The molecule has 72 valence electrons. The second-order valence-corrected chi connectivity index (χ2v) is 2.67. The van der Waals surface area contributed by atoms with Crippen molar-refractivity contribution in [1.29, 1.82) is 0 Å². The van der Waals surface area contributed by atoms with E-state index in [1.54, 1.807) is 16.8 Å². The van der Waals surface area contributed by atoms with Crippen molar-refractivity contribution in [1.82, 2.24) is 4.57 Å². The number of nitrogens with zero attached hydrogens (tertiary/aromatic N) is 1. The van der Waals surface area contributed by atoms with Crippen molar-refractivity contribution in [2.75, 3.05) is 0 Å². The minimum absolute atomic E-state index is 0.0614. The van der Waals surface area contributed by atoms with E-state index in [2.05, 4.69) is 19.7 Å². The number of hydrogen-bond donors (Lipinski definition) is 0. The Bertz CT molecular complexity index is 455. The Labute approximate surface area is 105 Å². The molecule has 2 rings (SSSR count). The molecule has 0 saturated carbocycles. The van der Waals surface area contributed by atoms with E-state index in [4.69, 9.17) is 0 Å². The SMILES string of the molecule is O=c1c[c-]ccn1-c1ccccc1.[Zn+][Br]. The first-order valence-corrected chi connectivity index (χ1v) is 11.2. The van der Waals surface area contributed by atoms with Crippen LogP contribution in [0.3, 0.4) is 0 Å². The van der Waals surface area contributed by atoms with Gasteiger partial charge in [0.2, 0.25) is 0 Å². The van der Waals surface area contributed by atoms with E-state index < -0.39 is 0 Å². The quantitative estimate of drug-likeness (QED) is 0.585. The van der Waals surface area contributed by atoms with Crippen LogP contribution in [0.15, 0.2) is 53.5 Å². The first-order chi connectivity index (χ1) is 7.38. The van der Waals surface area contributed by atoms with Gasteiger partial charge in [0.1, 0.15) is 5.56 Å². The summed E-state index contributed by atoms with van der Waals surface area (Å²) in [5.41, 5.74) is 0.815. The zero-order valence-electron chi connectivity index (χ0n) is 8.06. The third-order valence-corrected chi connectivity index (χ3v) is 1.80. The molecule has 0 spiro atoms. The molecular weight excluding hydrogens is 307 g/mol. The van der Waals surface area contributed by atoms with Crippen molar-refractivity contribution in [3.63, 3.8) is 0 Å². The van der Waals surface area contributed by atoms with E-state index in [0.29, 0.717) is 0 Å². The predicted molar refractivity (Wildman–Crippen MR) is 59.8 cm³/mol. The Morgan fingerprint density at radius 1 is 1.20 bits per heavy atom. The van der Waals surface area contributed by atoms with Gasteiger partial charge in [0.25, 0.3) is 0 Å². The summed E-state index contributed by atoms with van der Waals surface area (Å²) in [5, 5.41) is 0. The van der Waals surface area contributed by atoms with Crippen LogP contribution in [0.25, 0.3) is 5.69 Å². The second kappa shape index (κ2) is 6.70. The average Bonchev–Trinajstić information content (AvgIpc) is 2.33. The van der Waals surface area contributed by atoms with E-state index in [9.17, 15) is 4.79 Å². The van der Waals surface area contributed by atoms with Gasteiger partial charge in [-0.3, -0.25) is 0 Å². The van der Waals surface area contributed by atoms with Crippen molar-refractivity contribution in [3.8, 4) is 5.69 Å². The molecule has 0 aliphatic heterocycles. The molecule has 0 bridgehead atoms. The Balaban J connectivity index is 0.000000531. The first kappa shape index (κ1) is 12.3. The molecule has 1 aromatic carbocycles. The van der Waals surface area contributed by atoms with Crippen molar-refractivity contribution in [2.24, 2.45) is 0 Å². The molecular formula is C11H8BrNOZn. The zero-order chi connectivity index (χ0) is 11.1. The third-order valence-electron chi connectivity index (χ3n) is 1.80. The molecule has 0 saturated heterocycles. The Kier molecular flexibility index (Phi) is 5.51. The molecule has 1 aromatic heterocycles. The predicted octanol–water partition coefficient (Wildman–Crippen LogP) is 2.48. The number of aromatic nitrogens is 1. The van der Waals surface area contributed by atoms with E-state index in [0.717, 1.165) is 5.69 Å². The Morgan fingerprint density at radius 2 is 1.87 bits per heavy atom. The molecule has 0 atom stereocenters. The van der Waals surface area contributed by atoms with Crippen LogP contribution in [-0.2, 0) is 16.3 Å². The molecule has 0 N–H and O–H groups in total. The first-order valence-electron chi connectivity index (χ1n) is 4.29. The molecule has 4 heteroatoms. The fourth-order valence-corrected chi connectivity index (χ4v) is 1.18. The normalized spacial score (nSPS) is 9.00. The summed E-state index contributed by atoms with van der Waals surface area (Å²) < 4.78 is 1.58. The number of para-hydroxylation sites is 1. The van der Waals surface area contributed by atoms with Crippen LogP contribution >= 0.6 is 13.6 Å². The zero-order valence-corrected chi connectivity index (χ0v) is 12.6. The minimum atomic E-state index is -0.0614. The maximum atomic E-state index is 11.4. The summed E-state index contributed by atoms with van der Waals surface area (Å²) >= 11 is 4.25. The summed E-state index contributed by atoms with van der Waals surface area (Å²) in [7, 11) is 0. The van der Waals surface area contributed by atoms with Gasteiger partial charge in [-0.2, -0.15) is 12.1 Å². The fourth-order valence-electron chi connectivity index (χ4n) is 1.18. The monoisotopic (exact) mass is 313 g/mol. The van der Waals surface area contributed by atoms with Crippen LogP contribution in [0.5, 0.6) is 0 Å². The molecule has 15 heavy (non-hydrogen) atoms. The van der Waals surface area contributed by atoms with Gasteiger partial charge in [-0.1, -0.05) is 24.4 Å². The summed E-state index contributed by atoms with van der Waals surface area (Å²) in [6, 6.07) is 15.4. The maximum absolute atomic E-state index is 11.4. The molecule has 0 unspecified atom stereocenters. The van der Waals surface area contributed by atoms with Gasteiger partial charge in [-0.15, -0.1) is 6.07 Å². The van der Waals surface area contributed by atoms with Gasteiger partial charge < -0.3 is 9.36 Å². The van der Waals surface area contributed by atoms with Crippen LogP contribution in [0.1, 0.15) is 0 Å². The number of rotatable bonds is 1. The summed E-state index contributed by atoms with van der Waals surface area (Å²) in [4.78, 5) is 11.4. The average molecular weight is 315 g/mol. The van der Waals surface area contributed by atoms with E-state index in [1.165, 1.54) is 22.4 Å². The van der Waals surface area contributed by atoms with Crippen LogP contribution < -0.4 is 5.56 Å². The Morgan fingerprint density at radius 3 is 2.47 bits per heavy atom. The van der Waals surface area contributed by atoms with E-state index in [-0.39, 0.29) is 5.56 Å². The van der Waals surface area contributed by atoms with Crippen LogP contribution in [-0.4, -0.2) is 4.57 Å². The molecule has 0 aliphatic rings. The van der Waals surface area contributed by atoms with Gasteiger partial charge in [0.05, 0.1) is 0 Å². The summed E-state index contributed by atoms with van der Waals surface area (Å²) in [6.07, 6.45) is 1.71. The second-order valence-electron chi connectivity index (χ2n) is 2.67. The number of hydrogen-bond acceptors (Lipinski definition) is 1.